The van der Waals surface area contributed by atoms with Gasteiger partial charge in [-0.25, -0.2) is 8.42 Å². The molecule has 5 nitrogen and oxygen atoms in total. The van der Waals surface area contributed by atoms with Crippen LogP contribution in [0.15, 0.2) is 4.90 Å². The lowest BCUT2D eigenvalue weighted by atomic mass is 10.2. The van der Waals surface area contributed by atoms with Gasteiger partial charge in [0.25, 0.3) is 0 Å². The number of nitrogens with zero attached hydrogens (tertiary/aromatic N) is 1. The average molecular weight is 314 g/mol. The Morgan fingerprint density at radius 2 is 1.90 bits per heavy atom. The maximum absolute atomic E-state index is 12.3. The van der Waals surface area contributed by atoms with Gasteiger partial charge in [-0.2, -0.15) is 0 Å². The molecule has 1 saturated carbocycles. The standard InChI is InChI=1S/C13H18N2O3S2/c1-20(17,18)12-9(14)11(10(16)8-4-5-8)19-13(12)15-6-2-3-7-15/h8H,2-7,14H2,1H3. The van der Waals surface area contributed by atoms with Crippen molar-refractivity contribution >= 4 is 37.6 Å². The fourth-order valence-corrected chi connectivity index (χ4v) is 5.40. The summed E-state index contributed by atoms with van der Waals surface area (Å²) in [4.78, 5) is 14.9. The molecule has 110 valence electrons. The first kappa shape index (κ1) is 13.9. The number of carbonyl (C=O) groups is 1. The maximum atomic E-state index is 12.3. The Bertz CT molecular complexity index is 653. The summed E-state index contributed by atoms with van der Waals surface area (Å²) in [6, 6.07) is 0. The molecule has 1 saturated heterocycles. The SMILES string of the molecule is CS(=O)(=O)c1c(N2CCCC2)sc(C(=O)C2CC2)c1N. The summed E-state index contributed by atoms with van der Waals surface area (Å²) in [5.41, 5.74) is 6.17. The van der Waals surface area contributed by atoms with Crippen molar-refractivity contribution in [1.29, 1.82) is 0 Å². The Labute approximate surface area is 122 Å². The summed E-state index contributed by atoms with van der Waals surface area (Å²) >= 11 is 1.26. The molecule has 20 heavy (non-hydrogen) atoms. The predicted molar refractivity (Wildman–Crippen MR) is 80.3 cm³/mol. The van der Waals surface area contributed by atoms with Gasteiger partial charge in [-0.1, -0.05) is 0 Å². The lowest BCUT2D eigenvalue weighted by molar-refractivity contribution is 0.0972. The van der Waals surface area contributed by atoms with Gasteiger partial charge in [-0.15, -0.1) is 11.3 Å². The van der Waals surface area contributed by atoms with Crippen LogP contribution in [-0.2, 0) is 9.84 Å². The van der Waals surface area contributed by atoms with Gasteiger partial charge in [-0.05, 0) is 25.7 Å². The number of anilines is 2. The molecule has 1 aliphatic carbocycles. The first-order chi connectivity index (χ1) is 9.39. The van der Waals surface area contributed by atoms with Gasteiger partial charge < -0.3 is 10.6 Å². The lowest BCUT2D eigenvalue weighted by Gasteiger charge is -2.16. The van der Waals surface area contributed by atoms with Crippen molar-refractivity contribution < 1.29 is 13.2 Å². The molecular weight excluding hydrogens is 296 g/mol. The second-order valence-electron chi connectivity index (χ2n) is 5.58. The molecule has 1 aliphatic heterocycles. The summed E-state index contributed by atoms with van der Waals surface area (Å²) in [6.45, 7) is 1.67. The molecule has 0 radical (unpaired) electrons. The number of carbonyl (C=O) groups excluding carboxylic acids is 1. The third-order valence-electron chi connectivity index (χ3n) is 3.82. The maximum Gasteiger partial charge on any atom is 0.180 e. The van der Waals surface area contributed by atoms with Crippen molar-refractivity contribution in [2.75, 3.05) is 30.0 Å². The van der Waals surface area contributed by atoms with E-state index in [4.69, 9.17) is 5.73 Å². The molecule has 2 fully saturated rings. The van der Waals surface area contributed by atoms with Gasteiger partial charge >= 0.3 is 0 Å². The van der Waals surface area contributed by atoms with E-state index in [0.29, 0.717) is 9.88 Å². The fourth-order valence-electron chi connectivity index (χ4n) is 2.62. The van der Waals surface area contributed by atoms with Crippen LogP contribution in [0, 0.1) is 5.92 Å². The van der Waals surface area contributed by atoms with Crippen molar-refractivity contribution in [1.82, 2.24) is 0 Å². The van der Waals surface area contributed by atoms with Gasteiger partial charge in [0.15, 0.2) is 15.6 Å². The minimum atomic E-state index is -3.43. The van der Waals surface area contributed by atoms with Crippen LogP contribution in [-0.4, -0.2) is 33.5 Å². The number of rotatable bonds is 4. The third-order valence-corrected chi connectivity index (χ3v) is 6.38. The number of sulfone groups is 1. The summed E-state index contributed by atoms with van der Waals surface area (Å²) in [6.07, 6.45) is 5.04. The minimum Gasteiger partial charge on any atom is -0.396 e. The molecule has 0 aromatic carbocycles. The highest BCUT2D eigenvalue weighted by Crippen LogP contribution is 2.45. The van der Waals surface area contributed by atoms with Crippen molar-refractivity contribution in [2.24, 2.45) is 5.92 Å². The van der Waals surface area contributed by atoms with Crippen LogP contribution in [0.25, 0.3) is 0 Å². The number of thiophene rings is 1. The molecule has 0 amide bonds. The topological polar surface area (TPSA) is 80.5 Å². The smallest absolute Gasteiger partial charge is 0.180 e. The van der Waals surface area contributed by atoms with Crippen molar-refractivity contribution in [3.8, 4) is 0 Å². The number of hydrogen-bond acceptors (Lipinski definition) is 6. The summed E-state index contributed by atoms with van der Waals surface area (Å²) in [5.74, 6) is 0.0673. The number of hydrogen-bond donors (Lipinski definition) is 1. The molecule has 2 aliphatic rings. The molecule has 0 atom stereocenters. The zero-order valence-corrected chi connectivity index (χ0v) is 13.0. The van der Waals surface area contributed by atoms with Gasteiger partial charge in [0.1, 0.15) is 9.90 Å². The number of ketones is 1. The van der Waals surface area contributed by atoms with Gasteiger partial charge in [0.05, 0.1) is 10.6 Å². The van der Waals surface area contributed by atoms with Crippen LogP contribution in [0.1, 0.15) is 35.4 Å². The molecule has 3 rings (SSSR count). The highest BCUT2D eigenvalue weighted by Gasteiger charge is 2.36. The normalized spacial score (nSPS) is 19.6. The average Bonchev–Trinajstić information content (AvgIpc) is 2.94. The van der Waals surface area contributed by atoms with Crippen LogP contribution < -0.4 is 10.6 Å². The Balaban J connectivity index is 2.11. The first-order valence-corrected chi connectivity index (χ1v) is 9.52. The minimum absolute atomic E-state index is 0.0165. The molecule has 1 aromatic rings. The number of Topliss-reactive ketones (excluding diaryl/α,β-unsaturated/α-hetero) is 1. The molecule has 2 heterocycles. The molecular formula is C13H18N2O3S2. The number of nitrogen functional groups attached to an aromatic ring is 1. The van der Waals surface area contributed by atoms with Crippen LogP contribution in [0.2, 0.25) is 0 Å². The van der Waals surface area contributed by atoms with Crippen LogP contribution >= 0.6 is 11.3 Å². The third kappa shape index (κ3) is 2.33. The van der Waals surface area contributed by atoms with Gasteiger partial charge in [0, 0.05) is 25.3 Å². The monoisotopic (exact) mass is 314 g/mol. The van der Waals surface area contributed by atoms with E-state index in [1.54, 1.807) is 0 Å². The quantitative estimate of drug-likeness (QED) is 0.859. The molecule has 7 heteroatoms. The second-order valence-corrected chi connectivity index (χ2v) is 8.54. The molecule has 2 N–H and O–H groups in total. The Kier molecular flexibility index (Phi) is 3.29. The Hall–Kier alpha value is -1.08. The molecule has 0 spiro atoms. The zero-order valence-electron chi connectivity index (χ0n) is 11.4. The fraction of sp³-hybridized carbons (Fsp3) is 0.615. The zero-order chi connectivity index (χ0) is 14.5. The second kappa shape index (κ2) is 4.73. The van der Waals surface area contributed by atoms with Crippen LogP contribution in [0.5, 0.6) is 0 Å². The highest BCUT2D eigenvalue weighted by molar-refractivity contribution is 7.91. The van der Waals surface area contributed by atoms with Crippen molar-refractivity contribution in [3.05, 3.63) is 4.88 Å². The van der Waals surface area contributed by atoms with E-state index in [-0.39, 0.29) is 22.3 Å². The largest absolute Gasteiger partial charge is 0.396 e. The lowest BCUT2D eigenvalue weighted by Crippen LogP contribution is -2.18. The molecule has 1 aromatic heterocycles. The molecule has 0 bridgehead atoms. The highest BCUT2D eigenvalue weighted by atomic mass is 32.2. The van der Waals surface area contributed by atoms with Gasteiger partial charge in [0.2, 0.25) is 0 Å². The molecule has 0 unspecified atom stereocenters. The summed E-state index contributed by atoms with van der Waals surface area (Å²) in [7, 11) is -3.43. The van der Waals surface area contributed by atoms with Crippen LogP contribution in [0.4, 0.5) is 10.7 Å². The van der Waals surface area contributed by atoms with E-state index in [1.165, 1.54) is 11.3 Å². The van der Waals surface area contributed by atoms with E-state index in [0.717, 1.165) is 45.0 Å². The summed E-state index contributed by atoms with van der Waals surface area (Å²) < 4.78 is 24.1. The van der Waals surface area contributed by atoms with E-state index in [1.807, 2.05) is 4.90 Å². The predicted octanol–water partition coefficient (Wildman–Crippen LogP) is 1.93. The van der Waals surface area contributed by atoms with E-state index >= 15 is 0 Å². The Morgan fingerprint density at radius 1 is 1.30 bits per heavy atom. The first-order valence-electron chi connectivity index (χ1n) is 6.81. The van der Waals surface area contributed by atoms with Crippen LogP contribution in [0.3, 0.4) is 0 Å². The van der Waals surface area contributed by atoms with Crippen molar-refractivity contribution in [3.63, 3.8) is 0 Å². The number of nitrogens with two attached hydrogens (primary N) is 1. The van der Waals surface area contributed by atoms with E-state index in [2.05, 4.69) is 0 Å². The Morgan fingerprint density at radius 3 is 2.40 bits per heavy atom. The summed E-state index contributed by atoms with van der Waals surface area (Å²) in [5, 5.41) is 0.659. The van der Waals surface area contributed by atoms with Gasteiger partial charge in [-0.3, -0.25) is 4.79 Å². The van der Waals surface area contributed by atoms with E-state index < -0.39 is 9.84 Å². The van der Waals surface area contributed by atoms with Crippen molar-refractivity contribution in [2.45, 2.75) is 30.6 Å². The van der Waals surface area contributed by atoms with E-state index in [9.17, 15) is 13.2 Å².